The molecule has 2 rings (SSSR count). The molecule has 1 N–H and O–H groups in total. The molecule has 2 aromatic rings. The zero-order valence-electron chi connectivity index (χ0n) is 13.6. The Morgan fingerprint density at radius 3 is 2.38 bits per heavy atom. The van der Waals surface area contributed by atoms with Crippen LogP contribution in [0.3, 0.4) is 0 Å². The largest absolute Gasteiger partial charge is 0.513 e. The van der Waals surface area contributed by atoms with Crippen molar-refractivity contribution in [2.24, 2.45) is 0 Å². The van der Waals surface area contributed by atoms with Gasteiger partial charge < -0.3 is 9.84 Å². The van der Waals surface area contributed by atoms with Gasteiger partial charge in [-0.05, 0) is 59.9 Å². The Labute approximate surface area is 139 Å². The standard InChI is InChI=1S/C19H19F3O2/c1-12-10-16(24-3)8-9-17(12)18-11-15(19(20,21)22)7-6-14(18)5-4-13(2)23/h6-11,23H,2,4-5H2,1,3H3. The maximum atomic E-state index is 13.1. The van der Waals surface area contributed by atoms with Crippen LogP contribution in [0.4, 0.5) is 13.2 Å². The normalized spacial score (nSPS) is 11.4. The van der Waals surface area contributed by atoms with Crippen LogP contribution in [0, 0.1) is 6.92 Å². The minimum atomic E-state index is -4.41. The zero-order valence-corrected chi connectivity index (χ0v) is 13.6. The lowest BCUT2D eigenvalue weighted by atomic mass is 9.91. The van der Waals surface area contributed by atoms with Crippen molar-refractivity contribution in [1.29, 1.82) is 0 Å². The summed E-state index contributed by atoms with van der Waals surface area (Å²) in [5.41, 5.74) is 2.06. The van der Waals surface area contributed by atoms with Gasteiger partial charge in [-0.3, -0.25) is 0 Å². The molecule has 0 amide bonds. The fourth-order valence-electron chi connectivity index (χ4n) is 2.57. The summed E-state index contributed by atoms with van der Waals surface area (Å²) in [6.07, 6.45) is -3.70. The number of rotatable bonds is 5. The first kappa shape index (κ1) is 17.9. The zero-order chi connectivity index (χ0) is 17.9. The van der Waals surface area contributed by atoms with Crippen molar-refractivity contribution in [3.8, 4) is 16.9 Å². The molecule has 128 valence electrons. The lowest BCUT2D eigenvalue weighted by Gasteiger charge is -2.16. The average Bonchev–Trinajstić information content (AvgIpc) is 2.51. The lowest BCUT2D eigenvalue weighted by Crippen LogP contribution is -2.06. The summed E-state index contributed by atoms with van der Waals surface area (Å²) in [6, 6.07) is 8.94. The Bertz CT molecular complexity index is 749. The molecule has 0 fully saturated rings. The highest BCUT2D eigenvalue weighted by molar-refractivity contribution is 5.72. The Kier molecular flexibility index (Phi) is 5.22. The van der Waals surface area contributed by atoms with Crippen LogP contribution in [0.5, 0.6) is 5.75 Å². The number of hydrogen-bond acceptors (Lipinski definition) is 2. The lowest BCUT2D eigenvalue weighted by molar-refractivity contribution is -0.137. The number of hydrogen-bond donors (Lipinski definition) is 1. The summed E-state index contributed by atoms with van der Waals surface area (Å²) in [7, 11) is 1.54. The minimum absolute atomic E-state index is 0.00676. The number of alkyl halides is 3. The number of aliphatic hydroxyl groups excluding tert-OH is 1. The van der Waals surface area contributed by atoms with E-state index in [0.717, 1.165) is 23.3 Å². The molecule has 0 saturated heterocycles. The van der Waals surface area contributed by atoms with Crippen LogP contribution in [0.15, 0.2) is 48.7 Å². The molecule has 0 saturated carbocycles. The predicted octanol–water partition coefficient (Wildman–Crippen LogP) is 5.69. The van der Waals surface area contributed by atoms with E-state index in [0.29, 0.717) is 29.7 Å². The van der Waals surface area contributed by atoms with E-state index in [2.05, 4.69) is 6.58 Å². The summed E-state index contributed by atoms with van der Waals surface area (Å²) < 4.78 is 44.4. The van der Waals surface area contributed by atoms with Crippen LogP contribution < -0.4 is 4.74 Å². The second-order valence-electron chi connectivity index (χ2n) is 5.62. The molecule has 2 aromatic carbocycles. The fourth-order valence-corrected chi connectivity index (χ4v) is 2.57. The quantitative estimate of drug-likeness (QED) is 0.710. The minimum Gasteiger partial charge on any atom is -0.513 e. The Morgan fingerprint density at radius 1 is 1.12 bits per heavy atom. The second kappa shape index (κ2) is 6.99. The van der Waals surface area contributed by atoms with E-state index < -0.39 is 11.7 Å². The van der Waals surface area contributed by atoms with Crippen LogP contribution in [0.1, 0.15) is 23.1 Å². The third-order valence-corrected chi connectivity index (χ3v) is 3.84. The molecule has 2 nitrogen and oxygen atoms in total. The van der Waals surface area contributed by atoms with Gasteiger partial charge in [0.2, 0.25) is 0 Å². The first-order valence-corrected chi connectivity index (χ1v) is 7.44. The van der Waals surface area contributed by atoms with Gasteiger partial charge in [-0.15, -0.1) is 0 Å². The number of aryl methyl sites for hydroxylation is 2. The van der Waals surface area contributed by atoms with E-state index >= 15 is 0 Å². The molecule has 5 heteroatoms. The Hall–Kier alpha value is -2.43. The molecular weight excluding hydrogens is 317 g/mol. The molecule has 0 bridgehead atoms. The van der Waals surface area contributed by atoms with Crippen LogP contribution in [-0.4, -0.2) is 12.2 Å². The van der Waals surface area contributed by atoms with Crippen molar-refractivity contribution < 1.29 is 23.0 Å². The number of halogens is 3. The number of allylic oxidation sites excluding steroid dienone is 1. The number of benzene rings is 2. The van der Waals surface area contributed by atoms with Gasteiger partial charge >= 0.3 is 6.18 Å². The van der Waals surface area contributed by atoms with Crippen molar-refractivity contribution in [3.05, 3.63) is 65.4 Å². The molecule has 0 spiro atoms. The highest BCUT2D eigenvalue weighted by Crippen LogP contribution is 2.36. The molecule has 0 unspecified atom stereocenters. The Morgan fingerprint density at radius 2 is 1.83 bits per heavy atom. The molecule has 0 aliphatic heterocycles. The van der Waals surface area contributed by atoms with Crippen molar-refractivity contribution in [3.63, 3.8) is 0 Å². The molecule has 24 heavy (non-hydrogen) atoms. The maximum Gasteiger partial charge on any atom is 0.416 e. The van der Waals surface area contributed by atoms with Gasteiger partial charge in [-0.1, -0.05) is 18.7 Å². The van der Waals surface area contributed by atoms with E-state index in [-0.39, 0.29) is 5.76 Å². The van der Waals surface area contributed by atoms with Crippen LogP contribution in [-0.2, 0) is 12.6 Å². The maximum absolute atomic E-state index is 13.1. The highest BCUT2D eigenvalue weighted by Gasteiger charge is 2.31. The third-order valence-electron chi connectivity index (χ3n) is 3.84. The molecule has 0 atom stereocenters. The Balaban J connectivity index is 2.56. The van der Waals surface area contributed by atoms with Gasteiger partial charge in [0.1, 0.15) is 5.75 Å². The summed E-state index contributed by atoms with van der Waals surface area (Å²) in [6.45, 7) is 5.25. The monoisotopic (exact) mass is 336 g/mol. The predicted molar refractivity (Wildman–Crippen MR) is 88.3 cm³/mol. The average molecular weight is 336 g/mol. The van der Waals surface area contributed by atoms with Crippen LogP contribution in [0.25, 0.3) is 11.1 Å². The summed E-state index contributed by atoms with van der Waals surface area (Å²) in [4.78, 5) is 0. The number of methoxy groups -OCH3 is 1. The van der Waals surface area contributed by atoms with Crippen molar-refractivity contribution in [2.75, 3.05) is 7.11 Å². The van der Waals surface area contributed by atoms with Crippen LogP contribution >= 0.6 is 0 Å². The smallest absolute Gasteiger partial charge is 0.416 e. The topological polar surface area (TPSA) is 29.5 Å². The molecule has 0 heterocycles. The third kappa shape index (κ3) is 4.10. The van der Waals surface area contributed by atoms with Crippen molar-refractivity contribution in [2.45, 2.75) is 25.9 Å². The summed E-state index contributed by atoms with van der Waals surface area (Å²) in [5.74, 6) is 0.654. The van der Waals surface area contributed by atoms with Crippen molar-refractivity contribution in [1.82, 2.24) is 0 Å². The van der Waals surface area contributed by atoms with E-state index in [1.807, 2.05) is 6.92 Å². The summed E-state index contributed by atoms with van der Waals surface area (Å²) in [5, 5.41) is 9.29. The number of aliphatic hydroxyl groups is 1. The molecule has 0 aliphatic carbocycles. The van der Waals surface area contributed by atoms with E-state index in [9.17, 15) is 18.3 Å². The number of ether oxygens (including phenoxy) is 1. The van der Waals surface area contributed by atoms with Gasteiger partial charge in [0.05, 0.1) is 18.4 Å². The SMILES string of the molecule is C=C(O)CCc1ccc(C(F)(F)F)cc1-c1ccc(OC)cc1C. The fraction of sp³-hybridized carbons (Fsp3) is 0.263. The summed E-state index contributed by atoms with van der Waals surface area (Å²) >= 11 is 0. The molecule has 0 aromatic heterocycles. The first-order chi connectivity index (χ1) is 11.2. The van der Waals surface area contributed by atoms with E-state index in [1.54, 1.807) is 18.2 Å². The van der Waals surface area contributed by atoms with Gasteiger partial charge in [0, 0.05) is 6.42 Å². The van der Waals surface area contributed by atoms with Gasteiger partial charge in [-0.2, -0.15) is 13.2 Å². The molecule has 0 radical (unpaired) electrons. The van der Waals surface area contributed by atoms with E-state index in [4.69, 9.17) is 4.74 Å². The van der Waals surface area contributed by atoms with Gasteiger partial charge in [0.25, 0.3) is 0 Å². The second-order valence-corrected chi connectivity index (χ2v) is 5.62. The van der Waals surface area contributed by atoms with Crippen LogP contribution in [0.2, 0.25) is 0 Å². The first-order valence-electron chi connectivity index (χ1n) is 7.44. The molecular formula is C19H19F3O2. The molecule has 0 aliphatic rings. The van der Waals surface area contributed by atoms with E-state index in [1.165, 1.54) is 13.2 Å². The van der Waals surface area contributed by atoms with Gasteiger partial charge in [0.15, 0.2) is 0 Å². The van der Waals surface area contributed by atoms with Crippen molar-refractivity contribution >= 4 is 0 Å². The highest BCUT2D eigenvalue weighted by atomic mass is 19.4. The van der Waals surface area contributed by atoms with Gasteiger partial charge in [-0.25, -0.2) is 0 Å².